The van der Waals surface area contributed by atoms with Gasteiger partial charge in [0.1, 0.15) is 12.7 Å². The van der Waals surface area contributed by atoms with Crippen LogP contribution in [0.15, 0.2) is 30.3 Å². The summed E-state index contributed by atoms with van der Waals surface area (Å²) < 4.78 is 10.3. The van der Waals surface area contributed by atoms with Crippen molar-refractivity contribution in [3.05, 3.63) is 35.9 Å². The number of benzene rings is 1. The predicted octanol–water partition coefficient (Wildman–Crippen LogP) is 1.54. The lowest BCUT2D eigenvalue weighted by atomic mass is 10.2. The number of hydrogen-bond acceptors (Lipinski definition) is 5. The molecular weight excluding hydrogens is 302 g/mol. The molecule has 0 aliphatic carbocycles. The summed E-state index contributed by atoms with van der Waals surface area (Å²) in [4.78, 5) is 22.5. The molecule has 0 bridgehead atoms. The number of carbonyl (C=O) groups is 2. The number of carboxylic acid groups (broad SMARTS) is 1. The van der Waals surface area contributed by atoms with Crippen LogP contribution in [-0.2, 0) is 20.9 Å². The van der Waals surface area contributed by atoms with Gasteiger partial charge in [-0.1, -0.05) is 43.7 Å². The van der Waals surface area contributed by atoms with Crippen molar-refractivity contribution in [1.82, 2.24) is 5.32 Å². The van der Waals surface area contributed by atoms with E-state index < -0.39 is 24.3 Å². The van der Waals surface area contributed by atoms with Gasteiger partial charge in [-0.05, 0) is 12.0 Å². The average Bonchev–Trinajstić information content (AvgIpc) is 2.56. The van der Waals surface area contributed by atoms with E-state index in [1.807, 2.05) is 37.3 Å². The zero-order chi connectivity index (χ0) is 17.1. The van der Waals surface area contributed by atoms with Crippen LogP contribution in [0.5, 0.6) is 0 Å². The molecule has 0 saturated carbocycles. The second kappa shape index (κ2) is 10.6. The van der Waals surface area contributed by atoms with Gasteiger partial charge in [-0.3, -0.25) is 0 Å². The van der Waals surface area contributed by atoms with Crippen molar-refractivity contribution in [3.63, 3.8) is 0 Å². The molecule has 0 aromatic heterocycles. The summed E-state index contributed by atoms with van der Waals surface area (Å²) in [6, 6.07) is 9.15. The molecular formula is C16H23NO6. The molecule has 0 heterocycles. The summed E-state index contributed by atoms with van der Waals surface area (Å²) in [7, 11) is 0. The summed E-state index contributed by atoms with van der Waals surface area (Å²) in [6.45, 7) is 2.23. The molecule has 3 N–H and O–H groups in total. The van der Waals surface area contributed by atoms with Gasteiger partial charge in [0.15, 0.2) is 6.10 Å². The third-order valence-corrected chi connectivity index (χ3v) is 3.10. The van der Waals surface area contributed by atoms with Crippen LogP contribution in [0.2, 0.25) is 0 Å². The Morgan fingerprint density at radius 3 is 2.57 bits per heavy atom. The minimum absolute atomic E-state index is 0.107. The van der Waals surface area contributed by atoms with E-state index in [9.17, 15) is 14.7 Å². The van der Waals surface area contributed by atoms with Crippen LogP contribution in [-0.4, -0.2) is 47.6 Å². The number of rotatable bonds is 10. The summed E-state index contributed by atoms with van der Waals surface area (Å²) >= 11 is 0. The Morgan fingerprint density at radius 1 is 1.26 bits per heavy atom. The van der Waals surface area contributed by atoms with Crippen molar-refractivity contribution >= 4 is 12.1 Å². The molecule has 0 aliphatic rings. The van der Waals surface area contributed by atoms with Crippen LogP contribution in [0, 0.1) is 0 Å². The first-order valence-corrected chi connectivity index (χ1v) is 7.51. The second-order valence-electron chi connectivity index (χ2n) is 4.99. The highest BCUT2D eigenvalue weighted by Gasteiger charge is 2.27. The molecule has 0 radical (unpaired) electrons. The molecule has 7 heteroatoms. The third kappa shape index (κ3) is 7.62. The van der Waals surface area contributed by atoms with Crippen molar-refractivity contribution in [3.8, 4) is 0 Å². The van der Waals surface area contributed by atoms with Crippen molar-refractivity contribution in [2.75, 3.05) is 13.2 Å². The SMILES string of the molecule is CCCCO[C@H](CNC(=O)OCc1ccccc1)C(O)C(=O)O. The van der Waals surface area contributed by atoms with Crippen molar-refractivity contribution in [1.29, 1.82) is 0 Å². The molecule has 0 saturated heterocycles. The molecule has 2 atom stereocenters. The van der Waals surface area contributed by atoms with Crippen LogP contribution < -0.4 is 5.32 Å². The number of unbranched alkanes of at least 4 members (excludes halogenated alkanes) is 1. The number of carboxylic acids is 1. The Kier molecular flexibility index (Phi) is 8.71. The highest BCUT2D eigenvalue weighted by molar-refractivity contribution is 5.73. The summed E-state index contributed by atoms with van der Waals surface area (Å²) in [5.41, 5.74) is 0.837. The van der Waals surface area contributed by atoms with Gasteiger partial charge >= 0.3 is 12.1 Å². The number of carbonyl (C=O) groups excluding carboxylic acids is 1. The lowest BCUT2D eigenvalue weighted by Crippen LogP contribution is -2.44. The van der Waals surface area contributed by atoms with Gasteiger partial charge in [0, 0.05) is 6.61 Å². The minimum atomic E-state index is -1.71. The molecule has 128 valence electrons. The zero-order valence-corrected chi connectivity index (χ0v) is 13.1. The maximum atomic E-state index is 11.6. The van der Waals surface area contributed by atoms with E-state index in [1.54, 1.807) is 0 Å². The first-order chi connectivity index (χ1) is 11.0. The molecule has 1 rings (SSSR count). The number of nitrogens with one attached hydrogen (secondary N) is 1. The van der Waals surface area contributed by atoms with Crippen LogP contribution in [0.4, 0.5) is 4.79 Å². The van der Waals surface area contributed by atoms with Gasteiger partial charge in [-0.25, -0.2) is 9.59 Å². The first kappa shape index (κ1) is 18.9. The number of hydrogen-bond donors (Lipinski definition) is 3. The molecule has 1 unspecified atom stereocenters. The van der Waals surface area contributed by atoms with Crippen molar-refractivity contribution in [2.24, 2.45) is 0 Å². The van der Waals surface area contributed by atoms with E-state index >= 15 is 0 Å². The summed E-state index contributed by atoms with van der Waals surface area (Å²) in [5, 5.41) is 20.8. The predicted molar refractivity (Wildman–Crippen MR) is 82.9 cm³/mol. The van der Waals surface area contributed by atoms with Gasteiger partial charge in [-0.15, -0.1) is 0 Å². The van der Waals surface area contributed by atoms with Gasteiger partial charge in [0.2, 0.25) is 0 Å². The number of aliphatic hydroxyl groups is 1. The number of aliphatic hydroxyl groups excluding tert-OH is 1. The topological polar surface area (TPSA) is 105 Å². The standard InChI is InChI=1S/C16H23NO6/c1-2-3-9-22-13(14(18)15(19)20)10-17-16(21)23-11-12-7-5-4-6-8-12/h4-8,13-14,18H,2-3,9-11H2,1H3,(H,17,21)(H,19,20)/t13-,14?/m1/s1. The molecule has 0 aliphatic heterocycles. The fourth-order valence-corrected chi connectivity index (χ4v) is 1.76. The Morgan fingerprint density at radius 2 is 1.96 bits per heavy atom. The van der Waals surface area contributed by atoms with E-state index in [2.05, 4.69) is 5.32 Å². The molecule has 0 spiro atoms. The highest BCUT2D eigenvalue weighted by atomic mass is 16.5. The summed E-state index contributed by atoms with van der Waals surface area (Å²) in [5.74, 6) is -1.40. The van der Waals surface area contributed by atoms with E-state index in [0.29, 0.717) is 6.61 Å². The van der Waals surface area contributed by atoms with Crippen molar-refractivity contribution in [2.45, 2.75) is 38.6 Å². The monoisotopic (exact) mass is 325 g/mol. The number of ether oxygens (including phenoxy) is 2. The smallest absolute Gasteiger partial charge is 0.407 e. The van der Waals surface area contributed by atoms with Crippen LogP contribution in [0.3, 0.4) is 0 Å². The van der Waals surface area contributed by atoms with Gasteiger partial charge in [0.25, 0.3) is 0 Å². The van der Waals surface area contributed by atoms with Crippen molar-refractivity contribution < 1.29 is 29.3 Å². The van der Waals surface area contributed by atoms with Crippen LogP contribution in [0.25, 0.3) is 0 Å². The zero-order valence-electron chi connectivity index (χ0n) is 13.1. The fraction of sp³-hybridized carbons (Fsp3) is 0.500. The summed E-state index contributed by atoms with van der Waals surface area (Å²) in [6.07, 6.45) is -1.82. The van der Waals surface area contributed by atoms with E-state index in [0.717, 1.165) is 18.4 Å². The maximum absolute atomic E-state index is 11.6. The first-order valence-electron chi connectivity index (χ1n) is 7.51. The Labute approximate surface area is 135 Å². The minimum Gasteiger partial charge on any atom is -0.479 e. The van der Waals surface area contributed by atoms with Crippen LogP contribution in [0.1, 0.15) is 25.3 Å². The molecule has 23 heavy (non-hydrogen) atoms. The highest BCUT2D eigenvalue weighted by Crippen LogP contribution is 2.03. The Hall–Kier alpha value is -2.12. The Bertz CT molecular complexity index is 479. The quantitative estimate of drug-likeness (QED) is 0.564. The lowest BCUT2D eigenvalue weighted by molar-refractivity contribution is -0.155. The lowest BCUT2D eigenvalue weighted by Gasteiger charge is -2.21. The normalized spacial score (nSPS) is 13.1. The molecule has 1 aromatic carbocycles. The molecule has 1 aromatic rings. The number of amides is 1. The number of alkyl carbamates (subject to hydrolysis) is 1. The van der Waals surface area contributed by atoms with Gasteiger partial charge in [0.05, 0.1) is 6.54 Å². The Balaban J connectivity index is 2.39. The van der Waals surface area contributed by atoms with Crippen LogP contribution >= 0.6 is 0 Å². The number of aliphatic carboxylic acids is 1. The largest absolute Gasteiger partial charge is 0.479 e. The third-order valence-electron chi connectivity index (χ3n) is 3.10. The molecule has 7 nitrogen and oxygen atoms in total. The van der Waals surface area contributed by atoms with Gasteiger partial charge in [-0.2, -0.15) is 0 Å². The van der Waals surface area contributed by atoms with Gasteiger partial charge < -0.3 is 25.0 Å². The van der Waals surface area contributed by atoms with E-state index in [1.165, 1.54) is 0 Å². The average molecular weight is 325 g/mol. The maximum Gasteiger partial charge on any atom is 0.407 e. The molecule has 0 fully saturated rings. The van der Waals surface area contributed by atoms with E-state index in [4.69, 9.17) is 14.6 Å². The molecule has 1 amide bonds. The fourth-order valence-electron chi connectivity index (χ4n) is 1.76. The van der Waals surface area contributed by atoms with E-state index in [-0.39, 0.29) is 13.2 Å². The second-order valence-corrected chi connectivity index (χ2v) is 4.99.